The third-order valence-electron chi connectivity index (χ3n) is 5.88. The molecule has 0 spiro atoms. The van der Waals surface area contributed by atoms with Gasteiger partial charge < -0.3 is 27.0 Å². The summed E-state index contributed by atoms with van der Waals surface area (Å²) in [6.45, 7) is 0. The topological polar surface area (TPSA) is 135 Å². The summed E-state index contributed by atoms with van der Waals surface area (Å²) < 4.78 is 0. The summed E-state index contributed by atoms with van der Waals surface area (Å²) in [5, 5.41) is 6.52. The smallest absolute Gasteiger partial charge is 0.254 e. The van der Waals surface area contributed by atoms with E-state index < -0.39 is 5.91 Å². The van der Waals surface area contributed by atoms with E-state index in [2.05, 4.69) is 25.6 Å². The summed E-state index contributed by atoms with van der Waals surface area (Å²) in [6.07, 6.45) is 7.50. The Bertz CT molecular complexity index is 1100. The number of nitrogens with two attached hydrogens (primary N) is 2. The van der Waals surface area contributed by atoms with Crippen molar-refractivity contribution in [2.45, 2.75) is 37.8 Å². The molecule has 2 heterocycles. The molecular weight excluding hydrogens is 416 g/mol. The third-order valence-corrected chi connectivity index (χ3v) is 5.88. The number of rotatable bonds is 7. The van der Waals surface area contributed by atoms with E-state index in [4.69, 9.17) is 11.5 Å². The van der Waals surface area contributed by atoms with Gasteiger partial charge in [-0.05, 0) is 42.7 Å². The summed E-state index contributed by atoms with van der Waals surface area (Å²) >= 11 is 0. The Balaban J connectivity index is 1.52. The monoisotopic (exact) mass is 446 g/mol. The van der Waals surface area contributed by atoms with Crippen molar-refractivity contribution >= 4 is 29.2 Å². The van der Waals surface area contributed by atoms with Crippen LogP contribution in [0.15, 0.2) is 48.8 Å². The summed E-state index contributed by atoms with van der Waals surface area (Å²) in [7, 11) is 3.92. The highest BCUT2D eigenvalue weighted by Crippen LogP contribution is 2.26. The number of anilines is 4. The van der Waals surface area contributed by atoms with Crippen LogP contribution in [0.25, 0.3) is 11.1 Å². The van der Waals surface area contributed by atoms with E-state index in [0.29, 0.717) is 11.8 Å². The molecule has 9 heteroatoms. The van der Waals surface area contributed by atoms with Crippen LogP contribution >= 0.6 is 0 Å². The van der Waals surface area contributed by atoms with Gasteiger partial charge in [0.25, 0.3) is 5.91 Å². The largest absolute Gasteiger partial charge is 0.365 e. The minimum absolute atomic E-state index is 0.0587. The number of nitrogens with one attached hydrogen (secondary N) is 2. The molecule has 6 N–H and O–H groups in total. The normalized spacial score (nSPS) is 17.9. The van der Waals surface area contributed by atoms with Crippen molar-refractivity contribution in [2.75, 3.05) is 29.6 Å². The summed E-state index contributed by atoms with van der Waals surface area (Å²) in [5.74, 6) is 1.09. The Morgan fingerprint density at radius 2 is 1.73 bits per heavy atom. The minimum atomic E-state index is -0.595. The molecule has 1 aromatic carbocycles. The van der Waals surface area contributed by atoms with Crippen LogP contribution in [-0.4, -0.2) is 47.0 Å². The summed E-state index contributed by atoms with van der Waals surface area (Å²) in [6, 6.07) is 12.0. The Kier molecular flexibility index (Phi) is 6.69. The van der Waals surface area contributed by atoms with E-state index >= 15 is 0 Å². The zero-order chi connectivity index (χ0) is 23.4. The molecule has 2 atom stereocenters. The quantitative estimate of drug-likeness (QED) is 0.435. The van der Waals surface area contributed by atoms with Crippen LogP contribution in [-0.2, 0) is 0 Å². The van der Waals surface area contributed by atoms with Crippen LogP contribution in [0.4, 0.5) is 23.3 Å². The molecule has 9 nitrogen and oxygen atoms in total. The Labute approximate surface area is 193 Å². The van der Waals surface area contributed by atoms with Gasteiger partial charge in [0.05, 0.1) is 0 Å². The van der Waals surface area contributed by atoms with Crippen LogP contribution in [0.2, 0.25) is 0 Å². The molecule has 4 rings (SSSR count). The van der Waals surface area contributed by atoms with Gasteiger partial charge >= 0.3 is 0 Å². The lowest BCUT2D eigenvalue weighted by molar-refractivity contribution is 0.100. The third kappa shape index (κ3) is 5.38. The van der Waals surface area contributed by atoms with Crippen LogP contribution in [0.1, 0.15) is 36.0 Å². The van der Waals surface area contributed by atoms with Gasteiger partial charge in [-0.1, -0.05) is 25.0 Å². The Morgan fingerprint density at radius 1 is 1.00 bits per heavy atom. The summed E-state index contributed by atoms with van der Waals surface area (Å²) in [4.78, 5) is 27.1. The van der Waals surface area contributed by atoms with Crippen LogP contribution in [0.3, 0.4) is 0 Å². The first-order chi connectivity index (χ1) is 15.9. The van der Waals surface area contributed by atoms with Gasteiger partial charge in [-0.2, -0.15) is 4.98 Å². The lowest BCUT2D eigenvalue weighted by Gasteiger charge is -2.29. The molecule has 0 aliphatic heterocycles. The number of hydrogen-bond donors (Lipinski definition) is 4. The van der Waals surface area contributed by atoms with Crippen molar-refractivity contribution in [3.05, 3.63) is 54.4 Å². The second-order valence-electron chi connectivity index (χ2n) is 8.52. The fourth-order valence-corrected chi connectivity index (χ4v) is 3.94. The van der Waals surface area contributed by atoms with Gasteiger partial charge in [0.1, 0.15) is 17.2 Å². The van der Waals surface area contributed by atoms with E-state index in [1.165, 1.54) is 6.20 Å². The standard InChI is InChI=1S/C24H30N8O/c1-32(2)21-12-9-16(13-27-21)15-7-10-17(11-8-15)29-23-18(22(26)33)14-28-24(31-23)30-20-6-4-3-5-19(20)25/h7-14,19-20H,3-6,25H2,1-2H3,(H2,26,33)(H2,28,29,30,31)/t19-,20+/m0/s1. The predicted octanol–water partition coefficient (Wildman–Crippen LogP) is 3.13. The molecule has 0 radical (unpaired) electrons. The predicted molar refractivity (Wildman–Crippen MR) is 132 cm³/mol. The van der Waals surface area contributed by atoms with Gasteiger partial charge in [0, 0.05) is 49.8 Å². The van der Waals surface area contributed by atoms with Crippen molar-refractivity contribution < 1.29 is 4.79 Å². The maximum Gasteiger partial charge on any atom is 0.254 e. The van der Waals surface area contributed by atoms with Crippen molar-refractivity contribution in [2.24, 2.45) is 11.5 Å². The number of nitrogens with zero attached hydrogens (tertiary/aromatic N) is 4. The van der Waals surface area contributed by atoms with E-state index in [1.807, 2.05) is 61.6 Å². The molecule has 1 aliphatic rings. The van der Waals surface area contributed by atoms with E-state index in [0.717, 1.165) is 48.3 Å². The van der Waals surface area contributed by atoms with Crippen molar-refractivity contribution in [1.82, 2.24) is 15.0 Å². The van der Waals surface area contributed by atoms with Crippen LogP contribution in [0, 0.1) is 0 Å². The molecule has 2 aromatic heterocycles. The van der Waals surface area contributed by atoms with Crippen molar-refractivity contribution in [1.29, 1.82) is 0 Å². The van der Waals surface area contributed by atoms with Gasteiger partial charge in [-0.15, -0.1) is 0 Å². The SMILES string of the molecule is CN(C)c1ccc(-c2ccc(Nc3nc(N[C@@H]4CCCC[C@@H]4N)ncc3C(N)=O)cc2)cn1. The van der Waals surface area contributed by atoms with E-state index in [9.17, 15) is 4.79 Å². The van der Waals surface area contributed by atoms with Crippen molar-refractivity contribution in [3.63, 3.8) is 0 Å². The first kappa shape index (κ1) is 22.5. The average Bonchev–Trinajstić information content (AvgIpc) is 2.81. The highest BCUT2D eigenvalue weighted by molar-refractivity contribution is 5.98. The molecular formula is C24H30N8O. The number of primary amides is 1. The Hall–Kier alpha value is -3.72. The molecule has 0 bridgehead atoms. The number of hydrogen-bond acceptors (Lipinski definition) is 8. The lowest BCUT2D eigenvalue weighted by atomic mass is 9.91. The zero-order valence-electron chi connectivity index (χ0n) is 19.0. The van der Waals surface area contributed by atoms with Gasteiger partial charge in [0.2, 0.25) is 5.95 Å². The maximum absolute atomic E-state index is 11.9. The number of carbonyl (C=O) groups is 1. The molecule has 33 heavy (non-hydrogen) atoms. The number of carbonyl (C=O) groups excluding carboxylic acids is 1. The van der Waals surface area contributed by atoms with Crippen LogP contribution in [0.5, 0.6) is 0 Å². The fraction of sp³-hybridized carbons (Fsp3) is 0.333. The molecule has 1 amide bonds. The molecule has 0 saturated heterocycles. The fourth-order valence-electron chi connectivity index (χ4n) is 3.94. The highest BCUT2D eigenvalue weighted by Gasteiger charge is 2.23. The Morgan fingerprint density at radius 3 is 2.36 bits per heavy atom. The van der Waals surface area contributed by atoms with E-state index in [-0.39, 0.29) is 17.6 Å². The molecule has 1 saturated carbocycles. The number of amides is 1. The molecule has 172 valence electrons. The molecule has 0 unspecified atom stereocenters. The second kappa shape index (κ2) is 9.83. The van der Waals surface area contributed by atoms with Crippen molar-refractivity contribution in [3.8, 4) is 11.1 Å². The van der Waals surface area contributed by atoms with Gasteiger partial charge in [0.15, 0.2) is 0 Å². The number of pyridine rings is 1. The highest BCUT2D eigenvalue weighted by atomic mass is 16.1. The maximum atomic E-state index is 11.9. The van der Waals surface area contributed by atoms with Gasteiger partial charge in [-0.3, -0.25) is 4.79 Å². The summed E-state index contributed by atoms with van der Waals surface area (Å²) in [5.41, 5.74) is 14.8. The second-order valence-corrected chi connectivity index (χ2v) is 8.52. The molecule has 1 aliphatic carbocycles. The zero-order valence-corrected chi connectivity index (χ0v) is 19.0. The number of benzene rings is 1. The number of aromatic nitrogens is 3. The average molecular weight is 447 g/mol. The lowest BCUT2D eigenvalue weighted by Crippen LogP contribution is -2.43. The minimum Gasteiger partial charge on any atom is -0.365 e. The van der Waals surface area contributed by atoms with E-state index in [1.54, 1.807) is 0 Å². The first-order valence-electron chi connectivity index (χ1n) is 11.1. The van der Waals surface area contributed by atoms with Gasteiger partial charge in [-0.25, -0.2) is 9.97 Å². The van der Waals surface area contributed by atoms with Crippen LogP contribution < -0.4 is 27.0 Å². The molecule has 3 aromatic rings. The molecule has 1 fully saturated rings. The first-order valence-corrected chi connectivity index (χ1v) is 11.1.